The molecule has 0 rings (SSSR count). The van der Waals surface area contributed by atoms with Crippen LogP contribution >= 0.6 is 7.60 Å². The normalized spacial score (nSPS) is 9.50. The minimum absolute atomic E-state index is 1.06. The van der Waals surface area contributed by atoms with Crippen LogP contribution in [0.2, 0.25) is 0 Å². The number of hydrogen-bond donors (Lipinski definition) is 3. The van der Waals surface area contributed by atoms with Crippen molar-refractivity contribution < 1.29 is 60.4 Å². The summed E-state index contributed by atoms with van der Waals surface area (Å²) in [7, 11) is -4.77. The molecule has 0 radical (unpaired) electrons. The molecule has 0 fully saturated rings. The fourth-order valence-corrected chi connectivity index (χ4v) is 0.395. The second-order valence-electron chi connectivity index (χ2n) is 1.02. The predicted molar refractivity (Wildman–Crippen MR) is 24.8 cm³/mol. The zero-order valence-corrected chi connectivity index (χ0v) is 7.48. The van der Waals surface area contributed by atoms with Crippen molar-refractivity contribution in [3.63, 3.8) is 0 Å². The van der Waals surface area contributed by atoms with Crippen molar-refractivity contribution in [1.29, 1.82) is 0 Å². The van der Waals surface area contributed by atoms with Gasteiger partial charge in [0.2, 0.25) is 0 Å². The molecule has 3 N–H and O–H groups in total. The number of carbonyl (C=O) groups is 1. The van der Waals surface area contributed by atoms with Crippen molar-refractivity contribution in [2.45, 2.75) is 0 Å². The van der Waals surface area contributed by atoms with Gasteiger partial charge in [-0.3, -0.25) is 4.89 Å². The molecule has 71 valence electrons. The quantitative estimate of drug-likeness (QED) is 0.368. The van der Waals surface area contributed by atoms with Crippen LogP contribution in [0.4, 0.5) is 4.79 Å². The van der Waals surface area contributed by atoms with Gasteiger partial charge in [0.15, 0.2) is 0 Å². The third kappa shape index (κ3) is 4.05. The Kier molecular flexibility index (Phi) is 9.04. The van der Waals surface area contributed by atoms with Gasteiger partial charge in [0.05, 0.1) is 0 Å². The van der Waals surface area contributed by atoms with E-state index in [1.807, 2.05) is 0 Å². The fourth-order valence-electron chi connectivity index (χ4n) is 0.132. The van der Waals surface area contributed by atoms with Crippen LogP contribution in [-0.2, 0) is 39.8 Å². The Morgan fingerprint density at radius 3 is 1.58 bits per heavy atom. The number of hydrogen-bond acceptors (Lipinski definition) is 9. The van der Waals surface area contributed by atoms with Crippen molar-refractivity contribution in [3.05, 3.63) is 0 Å². The molecule has 9 nitrogen and oxygen atoms in total. The first kappa shape index (κ1) is 14.4. The van der Waals surface area contributed by atoms with Gasteiger partial charge in [0.25, 0.3) is 0 Å². The second kappa shape index (κ2) is 7.53. The van der Waals surface area contributed by atoms with E-state index in [0.717, 1.165) is 17.4 Å². The van der Waals surface area contributed by atoms with E-state index < -0.39 is 13.3 Å². The van der Waals surface area contributed by atoms with Crippen LogP contribution in [0.5, 0.6) is 0 Å². The molecule has 0 aromatic heterocycles. The molecular formula is CH3O9PV. The molecule has 12 heavy (non-hydrogen) atoms. The summed E-state index contributed by atoms with van der Waals surface area (Å²) in [5, 5.41) is 22.8. The molecule has 0 aliphatic carbocycles. The topological polar surface area (TPSA) is 140 Å². The first-order valence-corrected chi connectivity index (χ1v) is 4.02. The van der Waals surface area contributed by atoms with E-state index in [1.165, 1.54) is 0 Å². The van der Waals surface area contributed by atoms with Crippen LogP contribution in [0.3, 0.4) is 0 Å². The van der Waals surface area contributed by atoms with Gasteiger partial charge in [0.1, 0.15) is 0 Å². The van der Waals surface area contributed by atoms with Gasteiger partial charge >= 0.3 is 34.3 Å². The molecule has 0 aromatic rings. The van der Waals surface area contributed by atoms with Crippen molar-refractivity contribution in [3.8, 4) is 0 Å². The van der Waals surface area contributed by atoms with Gasteiger partial charge in [0, 0.05) is 0 Å². The van der Waals surface area contributed by atoms with Crippen molar-refractivity contribution in [2.24, 2.45) is 0 Å². The molecule has 0 bridgehead atoms. The summed E-state index contributed by atoms with van der Waals surface area (Å²) in [6.07, 6.45) is 0. The van der Waals surface area contributed by atoms with E-state index in [0.29, 0.717) is 0 Å². The van der Waals surface area contributed by atoms with Gasteiger partial charge in [-0.25, -0.2) is 19.9 Å². The van der Waals surface area contributed by atoms with E-state index in [2.05, 4.69) is 14.2 Å². The number of carbonyl (C=O) groups excluding carboxylic acids is 1. The third-order valence-electron chi connectivity index (χ3n) is 0.517. The van der Waals surface area contributed by atoms with Gasteiger partial charge < -0.3 is 0 Å². The van der Waals surface area contributed by atoms with Crippen LogP contribution in [0.15, 0.2) is 0 Å². The van der Waals surface area contributed by atoms with Gasteiger partial charge in [-0.1, -0.05) is 0 Å². The SMILES string of the molecule is O=C(OO)P(=O)(OO)OO.[O]=[V]. The average molecular weight is 241 g/mol. The summed E-state index contributed by atoms with van der Waals surface area (Å²) < 4.78 is 24.3. The zero-order valence-electron chi connectivity index (χ0n) is 5.19. The molecular weight excluding hydrogens is 238 g/mol. The standard InChI is InChI=1S/CH3O8P.O.V/c2-1(7-3)10(6,8-4)9-5;;/h3-5H;;. The Balaban J connectivity index is 0. The summed E-state index contributed by atoms with van der Waals surface area (Å²) in [4.78, 5) is 12.8. The van der Waals surface area contributed by atoms with Crippen LogP contribution < -0.4 is 0 Å². The molecule has 0 spiro atoms. The first-order chi connectivity index (χ1) is 5.60. The molecule has 0 aromatic carbocycles. The number of rotatable bonds is 3. The van der Waals surface area contributed by atoms with Gasteiger partial charge in [-0.15, -0.1) is 9.35 Å². The maximum atomic E-state index is 10.3. The molecule has 0 heterocycles. The monoisotopic (exact) mass is 241 g/mol. The summed E-state index contributed by atoms with van der Waals surface area (Å²) >= 11 is 1.06. The van der Waals surface area contributed by atoms with Crippen LogP contribution in [0.25, 0.3) is 0 Å². The van der Waals surface area contributed by atoms with Crippen molar-refractivity contribution in [1.82, 2.24) is 0 Å². The Hall–Kier alpha value is -0.116. The van der Waals surface area contributed by atoms with Gasteiger partial charge in [-0.2, -0.15) is 5.26 Å². The third-order valence-corrected chi connectivity index (χ3v) is 1.48. The van der Waals surface area contributed by atoms with E-state index >= 15 is 0 Å². The second-order valence-corrected chi connectivity index (χ2v) is 2.70. The fraction of sp³-hybridized carbons (Fsp3) is 0. The van der Waals surface area contributed by atoms with Crippen LogP contribution in [0.1, 0.15) is 0 Å². The Labute approximate surface area is 74.4 Å². The molecule has 0 amide bonds. The van der Waals surface area contributed by atoms with E-state index in [1.54, 1.807) is 0 Å². The molecule has 0 aliphatic heterocycles. The average Bonchev–Trinajstić information content (AvgIpc) is 2.18. The first-order valence-electron chi connectivity index (χ1n) is 1.91. The molecule has 0 atom stereocenters. The molecule has 0 saturated heterocycles. The summed E-state index contributed by atoms with van der Waals surface area (Å²) in [6, 6.07) is 0. The zero-order chi connectivity index (χ0) is 10.2. The van der Waals surface area contributed by atoms with Crippen molar-refractivity contribution >= 4 is 13.3 Å². The van der Waals surface area contributed by atoms with E-state index in [-0.39, 0.29) is 0 Å². The molecule has 0 saturated carbocycles. The molecule has 11 heteroatoms. The Morgan fingerprint density at radius 2 is 1.50 bits per heavy atom. The van der Waals surface area contributed by atoms with E-state index in [4.69, 9.17) is 19.4 Å². The minimum atomic E-state index is -4.77. The molecule has 0 aliphatic rings. The Morgan fingerprint density at radius 1 is 1.17 bits per heavy atom. The predicted octanol–water partition coefficient (Wildman–Crippen LogP) is 0.647. The maximum absolute atomic E-state index is 10.3. The molecule has 0 unspecified atom stereocenters. The van der Waals surface area contributed by atoms with Gasteiger partial charge in [-0.05, 0) is 0 Å². The summed E-state index contributed by atoms with van der Waals surface area (Å²) in [5.41, 5.74) is -1.93. The summed E-state index contributed by atoms with van der Waals surface area (Å²) in [6.45, 7) is 0. The summed E-state index contributed by atoms with van der Waals surface area (Å²) in [5.74, 6) is 0. The van der Waals surface area contributed by atoms with E-state index in [9.17, 15) is 9.36 Å². The van der Waals surface area contributed by atoms with Crippen LogP contribution in [-0.4, -0.2) is 21.5 Å². The van der Waals surface area contributed by atoms with Crippen LogP contribution in [0, 0.1) is 0 Å². The van der Waals surface area contributed by atoms with Crippen molar-refractivity contribution in [2.75, 3.05) is 0 Å². The Bertz CT molecular complexity index is 169.